The molecule has 0 aromatic heterocycles. The first-order chi connectivity index (χ1) is 10.1. The van der Waals surface area contributed by atoms with Gasteiger partial charge in [-0.3, -0.25) is 14.4 Å². The lowest BCUT2D eigenvalue weighted by molar-refractivity contribution is -0.142. The third-order valence-corrected chi connectivity index (χ3v) is 3.07. The van der Waals surface area contributed by atoms with Gasteiger partial charge in [-0.05, 0) is 19.3 Å². The molecule has 0 heterocycles. The SMILES string of the molecule is CC(NC(=O)C(N)C(C)C)C(=O)NC(CCC(N)=O)C(=O)O. The summed E-state index contributed by atoms with van der Waals surface area (Å²) in [7, 11) is 0. The Labute approximate surface area is 128 Å². The molecule has 0 aliphatic carbocycles. The number of primary amides is 1. The molecule has 0 rings (SSSR count). The van der Waals surface area contributed by atoms with Crippen molar-refractivity contribution < 1.29 is 24.3 Å². The van der Waals surface area contributed by atoms with Gasteiger partial charge in [0.05, 0.1) is 6.04 Å². The Morgan fingerprint density at radius 2 is 1.59 bits per heavy atom. The molecule has 0 saturated heterocycles. The maximum absolute atomic E-state index is 11.9. The van der Waals surface area contributed by atoms with Crippen LogP contribution in [0.25, 0.3) is 0 Å². The first-order valence-electron chi connectivity index (χ1n) is 6.93. The summed E-state index contributed by atoms with van der Waals surface area (Å²) in [4.78, 5) is 45.3. The molecule has 9 nitrogen and oxygen atoms in total. The van der Waals surface area contributed by atoms with Crippen molar-refractivity contribution >= 4 is 23.7 Å². The maximum Gasteiger partial charge on any atom is 0.326 e. The number of aliphatic carboxylic acids is 1. The Balaban J connectivity index is 4.57. The Bertz CT molecular complexity index is 438. The van der Waals surface area contributed by atoms with Gasteiger partial charge in [0.2, 0.25) is 17.7 Å². The second-order valence-corrected chi connectivity index (χ2v) is 5.40. The largest absolute Gasteiger partial charge is 0.480 e. The van der Waals surface area contributed by atoms with Crippen LogP contribution >= 0.6 is 0 Å². The van der Waals surface area contributed by atoms with Crippen LogP contribution in [0.2, 0.25) is 0 Å². The topological polar surface area (TPSA) is 165 Å². The van der Waals surface area contributed by atoms with Crippen molar-refractivity contribution in [2.24, 2.45) is 17.4 Å². The van der Waals surface area contributed by atoms with E-state index in [1.807, 2.05) is 0 Å². The second kappa shape index (κ2) is 8.98. The summed E-state index contributed by atoms with van der Waals surface area (Å²) in [6.45, 7) is 4.94. The number of hydrogen-bond donors (Lipinski definition) is 5. The number of carbonyl (C=O) groups is 4. The highest BCUT2D eigenvalue weighted by Crippen LogP contribution is 2.01. The van der Waals surface area contributed by atoms with Gasteiger partial charge in [0.15, 0.2) is 0 Å². The van der Waals surface area contributed by atoms with Gasteiger partial charge in [0, 0.05) is 6.42 Å². The van der Waals surface area contributed by atoms with Gasteiger partial charge < -0.3 is 27.2 Å². The lowest BCUT2D eigenvalue weighted by atomic mass is 10.0. The van der Waals surface area contributed by atoms with Crippen molar-refractivity contribution in [1.29, 1.82) is 0 Å². The third kappa shape index (κ3) is 7.02. The smallest absolute Gasteiger partial charge is 0.326 e. The predicted octanol–water partition coefficient (Wildman–Crippen LogP) is -1.69. The van der Waals surface area contributed by atoms with Gasteiger partial charge >= 0.3 is 5.97 Å². The van der Waals surface area contributed by atoms with Crippen LogP contribution in [-0.4, -0.2) is 46.9 Å². The lowest BCUT2D eigenvalue weighted by Crippen LogP contribution is -2.54. The molecular weight excluding hydrogens is 292 g/mol. The molecule has 0 aromatic rings. The average molecular weight is 316 g/mol. The van der Waals surface area contributed by atoms with E-state index in [1.54, 1.807) is 13.8 Å². The Hall–Kier alpha value is -2.16. The van der Waals surface area contributed by atoms with Crippen molar-refractivity contribution in [1.82, 2.24) is 10.6 Å². The Morgan fingerprint density at radius 3 is 2.00 bits per heavy atom. The summed E-state index contributed by atoms with van der Waals surface area (Å²) >= 11 is 0. The minimum atomic E-state index is -1.29. The quantitative estimate of drug-likeness (QED) is 0.340. The Kier molecular flexibility index (Phi) is 8.10. The molecule has 126 valence electrons. The third-order valence-electron chi connectivity index (χ3n) is 3.07. The van der Waals surface area contributed by atoms with E-state index in [0.29, 0.717) is 0 Å². The molecule has 3 unspecified atom stereocenters. The first-order valence-corrected chi connectivity index (χ1v) is 6.93. The van der Waals surface area contributed by atoms with E-state index in [2.05, 4.69) is 10.6 Å². The first kappa shape index (κ1) is 19.8. The number of nitrogens with two attached hydrogens (primary N) is 2. The number of carboxylic acid groups (broad SMARTS) is 1. The highest BCUT2D eigenvalue weighted by atomic mass is 16.4. The Morgan fingerprint density at radius 1 is 1.05 bits per heavy atom. The van der Waals surface area contributed by atoms with Crippen LogP contribution in [0.15, 0.2) is 0 Å². The number of hydrogen-bond acceptors (Lipinski definition) is 5. The van der Waals surface area contributed by atoms with E-state index in [1.165, 1.54) is 6.92 Å². The summed E-state index contributed by atoms with van der Waals surface area (Å²) in [5.41, 5.74) is 10.6. The van der Waals surface area contributed by atoms with E-state index >= 15 is 0 Å². The van der Waals surface area contributed by atoms with Crippen molar-refractivity contribution in [3.05, 3.63) is 0 Å². The number of amides is 3. The minimum Gasteiger partial charge on any atom is -0.480 e. The zero-order chi connectivity index (χ0) is 17.4. The van der Waals surface area contributed by atoms with E-state index in [4.69, 9.17) is 16.6 Å². The van der Waals surface area contributed by atoms with Gasteiger partial charge in [-0.1, -0.05) is 13.8 Å². The number of rotatable bonds is 9. The van der Waals surface area contributed by atoms with E-state index in [-0.39, 0.29) is 18.8 Å². The van der Waals surface area contributed by atoms with Crippen LogP contribution in [0.5, 0.6) is 0 Å². The van der Waals surface area contributed by atoms with Crippen molar-refractivity contribution in [3.8, 4) is 0 Å². The van der Waals surface area contributed by atoms with Crippen LogP contribution in [0, 0.1) is 5.92 Å². The summed E-state index contributed by atoms with van der Waals surface area (Å²) in [5.74, 6) is -3.22. The fourth-order valence-corrected chi connectivity index (χ4v) is 1.52. The summed E-state index contributed by atoms with van der Waals surface area (Å²) in [5, 5.41) is 13.6. The molecule has 7 N–H and O–H groups in total. The predicted molar refractivity (Wildman–Crippen MR) is 78.4 cm³/mol. The highest BCUT2D eigenvalue weighted by Gasteiger charge is 2.26. The average Bonchev–Trinajstić information content (AvgIpc) is 2.41. The molecule has 0 aliphatic heterocycles. The molecule has 3 amide bonds. The van der Waals surface area contributed by atoms with Crippen LogP contribution < -0.4 is 22.1 Å². The molecule has 0 fully saturated rings. The van der Waals surface area contributed by atoms with Gasteiger partial charge in [0.25, 0.3) is 0 Å². The van der Waals surface area contributed by atoms with Crippen molar-refractivity contribution in [3.63, 3.8) is 0 Å². The van der Waals surface area contributed by atoms with Crippen LogP contribution in [0.1, 0.15) is 33.6 Å². The molecule has 9 heteroatoms. The molecular formula is C13H24N4O5. The zero-order valence-corrected chi connectivity index (χ0v) is 13.0. The van der Waals surface area contributed by atoms with Crippen molar-refractivity contribution in [2.45, 2.75) is 51.7 Å². The zero-order valence-electron chi connectivity index (χ0n) is 13.0. The fraction of sp³-hybridized carbons (Fsp3) is 0.692. The van der Waals surface area contributed by atoms with E-state index in [9.17, 15) is 19.2 Å². The van der Waals surface area contributed by atoms with E-state index < -0.39 is 41.8 Å². The van der Waals surface area contributed by atoms with Gasteiger partial charge in [-0.2, -0.15) is 0 Å². The molecule has 0 aromatic carbocycles. The fourth-order valence-electron chi connectivity index (χ4n) is 1.52. The molecule has 0 spiro atoms. The normalized spacial score (nSPS) is 14.8. The van der Waals surface area contributed by atoms with Gasteiger partial charge in [-0.15, -0.1) is 0 Å². The summed E-state index contributed by atoms with van der Waals surface area (Å²) < 4.78 is 0. The number of carbonyl (C=O) groups excluding carboxylic acids is 3. The molecule has 3 atom stereocenters. The van der Waals surface area contributed by atoms with Crippen molar-refractivity contribution in [2.75, 3.05) is 0 Å². The molecule has 0 bridgehead atoms. The van der Waals surface area contributed by atoms with Gasteiger partial charge in [-0.25, -0.2) is 4.79 Å². The summed E-state index contributed by atoms with van der Waals surface area (Å²) in [6, 6.07) is -2.97. The molecule has 0 aliphatic rings. The highest BCUT2D eigenvalue weighted by molar-refractivity contribution is 5.91. The van der Waals surface area contributed by atoms with Crippen LogP contribution in [-0.2, 0) is 19.2 Å². The van der Waals surface area contributed by atoms with Gasteiger partial charge in [0.1, 0.15) is 12.1 Å². The number of nitrogens with one attached hydrogen (secondary N) is 2. The minimum absolute atomic E-state index is 0.0994. The molecule has 0 saturated carbocycles. The number of carboxylic acids is 1. The standard InChI is InChI=1S/C13H24N4O5/c1-6(2)10(15)12(20)16-7(3)11(19)17-8(13(21)22)4-5-9(14)18/h6-8,10H,4-5,15H2,1-3H3,(H2,14,18)(H,16,20)(H,17,19)(H,21,22). The maximum atomic E-state index is 11.9. The summed E-state index contributed by atoms with van der Waals surface area (Å²) in [6.07, 6.45) is -0.293. The van der Waals surface area contributed by atoms with Crippen LogP contribution in [0.4, 0.5) is 0 Å². The molecule has 22 heavy (non-hydrogen) atoms. The second-order valence-electron chi connectivity index (χ2n) is 5.40. The monoisotopic (exact) mass is 316 g/mol. The van der Waals surface area contributed by atoms with Crippen LogP contribution in [0.3, 0.4) is 0 Å². The molecule has 0 radical (unpaired) electrons. The van der Waals surface area contributed by atoms with E-state index in [0.717, 1.165) is 0 Å². The lowest BCUT2D eigenvalue weighted by Gasteiger charge is -2.21.